The molecule has 6 fully saturated rings. The van der Waals surface area contributed by atoms with Crippen molar-refractivity contribution in [2.75, 3.05) is 74.0 Å². The van der Waals surface area contributed by atoms with Crippen LogP contribution >= 0.6 is 0 Å². The molecule has 648 valence electrons. The zero-order valence-electron chi connectivity index (χ0n) is 69.7. The molecule has 12 aromatic rings. The lowest BCUT2D eigenvalue weighted by molar-refractivity contribution is -0.144. The number of hydrogen-bond donors (Lipinski definition) is 13. The van der Waals surface area contributed by atoms with Gasteiger partial charge in [0.05, 0.1) is 78.1 Å². The fourth-order valence-corrected chi connectivity index (χ4v) is 17.3. The Kier molecular flexibility index (Phi) is 25.7. The van der Waals surface area contributed by atoms with Gasteiger partial charge in [0, 0.05) is 49.5 Å². The first kappa shape index (κ1) is 88.3. The third kappa shape index (κ3) is 15.9. The van der Waals surface area contributed by atoms with Crippen LogP contribution in [0.15, 0.2) is 75.1 Å². The van der Waals surface area contributed by atoms with Gasteiger partial charge >= 0.3 is 0 Å². The van der Waals surface area contributed by atoms with Crippen LogP contribution in [-0.4, -0.2) is 216 Å². The number of carbonyl (C=O) groups excluding carboxylic acids is 2. The molecule has 39 nitrogen and oxygen atoms in total. The Morgan fingerprint density at radius 1 is 0.393 bits per heavy atom. The molecule has 0 aliphatic carbocycles. The molecule has 12 aromatic heterocycles. The molecule has 39 heteroatoms. The van der Waals surface area contributed by atoms with Gasteiger partial charge in [0.2, 0.25) is 0 Å². The average Bonchev–Trinajstić information content (AvgIpc) is 1.61. The van der Waals surface area contributed by atoms with E-state index in [0.29, 0.717) is 83.3 Å². The summed E-state index contributed by atoms with van der Waals surface area (Å²) in [5.74, 6) is 8.16. The number of aromatic nitrogens is 18. The van der Waals surface area contributed by atoms with Gasteiger partial charge in [0.25, 0.3) is 0 Å². The number of rotatable bonds is 14. The molecule has 0 radical (unpaired) electrons. The zero-order chi connectivity index (χ0) is 87.9. The predicted octanol–water partition coefficient (Wildman–Crippen LogP) is 5.30. The van der Waals surface area contributed by atoms with E-state index in [-0.39, 0.29) is 106 Å². The van der Waals surface area contributed by atoms with Gasteiger partial charge < -0.3 is 136 Å². The van der Waals surface area contributed by atoms with Crippen molar-refractivity contribution in [1.29, 1.82) is 0 Å². The summed E-state index contributed by atoms with van der Waals surface area (Å²) >= 11 is 0. The molecule has 0 unspecified atom stereocenters. The topological polar surface area (TPSA) is 572 Å². The first-order chi connectivity index (χ1) is 58.3. The molecular formula is C83H106N24O15. The number of nitrogens with zero attached hydrogens (tertiary/aromatic N) is 18. The smallest absolute Gasteiger partial charge is 0.179 e. The maximum Gasteiger partial charge on any atom is 0.179 e. The third-order valence-electron chi connectivity index (χ3n) is 24.6. The monoisotopic (exact) mass is 1680 g/mol. The predicted molar refractivity (Wildman–Crippen MR) is 451 cm³/mol. The quantitative estimate of drug-likeness (QED) is 0.0485. The lowest BCUT2D eigenvalue weighted by Gasteiger charge is -2.28. The highest BCUT2D eigenvalue weighted by molar-refractivity contribution is 5.93. The summed E-state index contributed by atoms with van der Waals surface area (Å²) < 4.78 is 46.6. The van der Waals surface area contributed by atoms with Crippen molar-refractivity contribution >= 4 is 114 Å². The fraction of sp³-hybridized carbons (Fsp3) is 0.494. The van der Waals surface area contributed by atoms with Crippen LogP contribution < -0.4 is 34.4 Å². The second-order valence-corrected chi connectivity index (χ2v) is 32.4. The Balaban J connectivity index is 0.000000126. The highest BCUT2D eigenvalue weighted by atomic mass is 16.6. The van der Waals surface area contributed by atoms with E-state index in [2.05, 4.69) is 78.6 Å². The Labute approximate surface area is 701 Å². The van der Waals surface area contributed by atoms with Crippen LogP contribution in [0.5, 0.6) is 0 Å². The summed E-state index contributed by atoms with van der Waals surface area (Å²) in [5, 5.41) is 72.0. The molecule has 0 amide bonds. The highest BCUT2D eigenvalue weighted by Gasteiger charge is 2.51. The van der Waals surface area contributed by atoms with Gasteiger partial charge in [-0.25, -0.2) is 59.8 Å². The Morgan fingerprint density at radius 2 is 0.705 bits per heavy atom. The van der Waals surface area contributed by atoms with E-state index in [1.54, 1.807) is 4.57 Å². The summed E-state index contributed by atoms with van der Waals surface area (Å²) in [6, 6.07) is 0. The molecule has 0 aromatic carbocycles. The number of carbonyl (C=O) groups is 2. The lowest BCUT2D eigenvalue weighted by atomic mass is 9.90. The largest absolute Gasteiger partial charge is 0.394 e. The maximum absolute atomic E-state index is 11.3. The van der Waals surface area contributed by atoms with Crippen LogP contribution in [0, 0.1) is 95.8 Å². The molecule has 122 heavy (non-hydrogen) atoms. The normalized spacial score (nSPS) is 27.6. The van der Waals surface area contributed by atoms with E-state index in [0.717, 1.165) is 102 Å². The van der Waals surface area contributed by atoms with E-state index in [1.165, 1.54) is 38.0 Å². The molecule has 17 atom stereocenters. The minimum Gasteiger partial charge on any atom is -0.394 e. The molecule has 18 rings (SSSR count). The molecule has 6 saturated heterocycles. The van der Waals surface area contributed by atoms with Crippen molar-refractivity contribution in [3.8, 4) is 24.7 Å². The number of aliphatic hydroxyl groups is 7. The average molecular weight is 1680 g/mol. The van der Waals surface area contributed by atoms with Crippen LogP contribution in [0.2, 0.25) is 0 Å². The number of aliphatic hydroxyl groups excluding tert-OH is 7. The van der Waals surface area contributed by atoms with Crippen LogP contribution in [0.1, 0.15) is 144 Å². The maximum atomic E-state index is 11.3. The minimum absolute atomic E-state index is 0.0365. The number of terminal acetylenes is 2. The number of anilines is 6. The SMILES string of the molecule is C#C[C@]1(CO)O[C@@H](n2cc(C)c3c(N)ncnc32)C[C@@H]1C.C#C[C@]1(CO)O[C@@H](n2cc(C)c3c(N)ncnc32)C[C@@H]1O.Cc1cn([C@H]2C[C@H](C)C(CO)(CO)O2)c2ncnc(N)c12.Cc1cn([C@H]2C[C@H](C)[C@@H](C=O)O2)c2ncnc(N)c12.Cc1cn([C@H]2C[C@H](C)[C@@H](CO)O2)c2ncnc(N)c12.Cc1cn([C@H]2C[C@H](C)[C@@](C=O)(CO)O2)c2ncnc(N)c12. The summed E-state index contributed by atoms with van der Waals surface area (Å²) in [4.78, 5) is 72.0. The second kappa shape index (κ2) is 35.5. The van der Waals surface area contributed by atoms with Gasteiger partial charge in [-0.05, 0) is 131 Å². The Morgan fingerprint density at radius 3 is 0.984 bits per heavy atom. The van der Waals surface area contributed by atoms with Gasteiger partial charge in [-0.15, -0.1) is 12.8 Å². The highest BCUT2D eigenvalue weighted by Crippen LogP contribution is 2.47. The number of nitrogen functional groups attached to an aromatic ring is 6. The number of nitrogens with two attached hydrogens (primary N) is 6. The Hall–Kier alpha value is -11.5. The van der Waals surface area contributed by atoms with E-state index in [4.69, 9.17) is 75.7 Å². The number of aldehydes is 2. The van der Waals surface area contributed by atoms with E-state index >= 15 is 0 Å². The zero-order valence-corrected chi connectivity index (χ0v) is 69.7. The Bertz CT molecular complexity index is 5780. The molecule has 6 aliphatic rings. The van der Waals surface area contributed by atoms with Gasteiger partial charge in [-0.2, -0.15) is 0 Å². The molecule has 0 bridgehead atoms. The van der Waals surface area contributed by atoms with Crippen LogP contribution in [0.3, 0.4) is 0 Å². The number of hydrogen-bond acceptors (Lipinski definition) is 33. The van der Waals surface area contributed by atoms with E-state index < -0.39 is 41.3 Å². The standard InChI is InChI=1S/C15H18N4O2.C14H20N4O3.C14H18N4O3.C14H16N4O3.C13H18N4O2.C13H16N4O2/c1-4-15(7-20)10(3)5-11(21-15)19-6-9(2)12-13(16)17-8-18-14(12)19;2*1-8-4-18(13-11(8)12(15)16-7-17-13)10-3-9(2)14(5-19,6-20)21-10;1-3-14(6-19)9(20)4-10(21-14)18-5-8(2)11-12(15)16-7-17-13(11)18;2*1-7-3-10(19-9(7)5-18)17-4-8(2)11-12(14)15-6-16-13(11)17/h1,6,8,10-11,20H,5,7H2,2-3H3,(H2,16,17,18);4,7,9-10,19-20H,3,5-6H2,1-2H3,(H2,15,16,17);4-5,7,9-10,20H,3,6H2,1-2H3,(H2,15,16,17);1,5,7,9-10,19-20H,4,6H2,2H3,(H2,15,16,17);4,6-7,9-10,18H,3,5H2,1-2H3,(H2,14,15,16);4-7,9-10H,3H2,1-2H3,(H2,14,15,16)/t10-,11+,15+;9-,10+;2*9-,10+,14+;2*7-,9+,10+/m000000/s1. The number of ether oxygens (including phenoxy) is 6. The second-order valence-electron chi connectivity index (χ2n) is 32.4. The van der Waals surface area contributed by atoms with Gasteiger partial charge in [-0.3, -0.25) is 0 Å². The summed E-state index contributed by atoms with van der Waals surface area (Å²) in [6.07, 6.45) is 33.4. The summed E-state index contributed by atoms with van der Waals surface area (Å²) in [6.45, 7) is 20.3. The van der Waals surface area contributed by atoms with Crippen LogP contribution in [0.25, 0.3) is 66.2 Å². The van der Waals surface area contributed by atoms with Gasteiger partial charge in [0.15, 0.2) is 23.1 Å². The molecular weight excluding hydrogens is 1570 g/mol. The van der Waals surface area contributed by atoms with Gasteiger partial charge in [-0.1, -0.05) is 46.5 Å². The lowest BCUT2D eigenvalue weighted by Crippen LogP contribution is -2.42. The van der Waals surface area contributed by atoms with E-state index in [1.807, 2.05) is 129 Å². The fourth-order valence-electron chi connectivity index (χ4n) is 17.3. The molecule has 19 N–H and O–H groups in total. The van der Waals surface area contributed by atoms with Crippen LogP contribution in [0.4, 0.5) is 34.9 Å². The van der Waals surface area contributed by atoms with Crippen molar-refractivity contribution in [3.05, 3.63) is 109 Å². The first-order valence-electron chi connectivity index (χ1n) is 40.0. The summed E-state index contributed by atoms with van der Waals surface area (Å²) in [7, 11) is 0. The van der Waals surface area contributed by atoms with Crippen molar-refractivity contribution in [1.82, 2.24) is 87.2 Å². The van der Waals surface area contributed by atoms with Crippen molar-refractivity contribution in [3.63, 3.8) is 0 Å². The number of fused-ring (bicyclic) bond motifs is 6. The minimum atomic E-state index is -1.38. The van der Waals surface area contributed by atoms with Crippen molar-refractivity contribution < 1.29 is 73.8 Å². The molecule has 0 spiro atoms. The molecule has 6 aliphatic heterocycles. The van der Waals surface area contributed by atoms with Gasteiger partial charge in [0.1, 0.15) is 168 Å². The molecule has 18 heterocycles. The van der Waals surface area contributed by atoms with Crippen LogP contribution in [-0.2, 0) is 38.0 Å². The first-order valence-corrected chi connectivity index (χ1v) is 40.0. The van der Waals surface area contributed by atoms with Crippen molar-refractivity contribution in [2.45, 2.75) is 193 Å². The number of aryl methyl sites for hydroxylation is 6. The van der Waals surface area contributed by atoms with E-state index in [9.17, 15) is 45.3 Å². The molecule has 0 saturated carbocycles. The summed E-state index contributed by atoms with van der Waals surface area (Å²) in [5.41, 5.74) is 41.2. The third-order valence-corrected chi connectivity index (χ3v) is 24.6. The van der Waals surface area contributed by atoms with Crippen molar-refractivity contribution in [2.24, 2.45) is 29.6 Å².